The second-order valence-corrected chi connectivity index (χ2v) is 9.05. The van der Waals surface area contributed by atoms with Gasteiger partial charge in [-0.2, -0.15) is 10.2 Å². The first-order chi connectivity index (χ1) is 13.3. The Balaban J connectivity index is 0.00000420. The molecule has 0 heterocycles. The van der Waals surface area contributed by atoms with Crippen molar-refractivity contribution in [3.8, 4) is 0 Å². The van der Waals surface area contributed by atoms with Crippen LogP contribution in [-0.2, 0) is 0 Å². The van der Waals surface area contributed by atoms with Crippen molar-refractivity contribution in [3.63, 3.8) is 0 Å². The molecule has 0 aliphatic carbocycles. The van der Waals surface area contributed by atoms with Crippen LogP contribution in [0.2, 0.25) is 0 Å². The lowest BCUT2D eigenvalue weighted by Crippen LogP contribution is -2.18. The summed E-state index contributed by atoms with van der Waals surface area (Å²) in [5, 5.41) is 9.41. The van der Waals surface area contributed by atoms with Gasteiger partial charge in [0.2, 0.25) is 0 Å². The molecule has 0 spiro atoms. The van der Waals surface area contributed by atoms with Gasteiger partial charge in [-0.25, -0.2) is 0 Å². The van der Waals surface area contributed by atoms with E-state index in [1.54, 1.807) is 0 Å². The van der Waals surface area contributed by atoms with Gasteiger partial charge in [0.1, 0.15) is 0 Å². The van der Waals surface area contributed by atoms with Crippen LogP contribution in [0.15, 0.2) is 67.7 Å². The number of hydrogen-bond acceptors (Lipinski definition) is 4. The molecule has 0 saturated carbocycles. The average molecular weight is 581 g/mol. The predicted octanol–water partition coefficient (Wildman–Crippen LogP) is 6.15. The molecule has 2 rings (SSSR count). The van der Waals surface area contributed by atoms with Crippen molar-refractivity contribution in [1.29, 1.82) is 0 Å². The van der Waals surface area contributed by atoms with Crippen LogP contribution in [0.1, 0.15) is 24.0 Å². The first kappa shape index (κ1) is 29.2. The van der Waals surface area contributed by atoms with E-state index in [-0.39, 0.29) is 24.8 Å². The molecular weight excluding hydrogens is 551 g/mol. The van der Waals surface area contributed by atoms with E-state index in [0.717, 1.165) is 57.4 Å². The SMILES string of the molecule is CN(C)CC/C(=N/N=C(\CCN(C)C)c1ccc(Br)cc1)c1ccc(Br)cc1.Cl.Cl. The van der Waals surface area contributed by atoms with E-state index in [4.69, 9.17) is 10.2 Å². The van der Waals surface area contributed by atoms with Crippen molar-refractivity contribution in [2.45, 2.75) is 12.8 Å². The second kappa shape index (κ2) is 15.1. The van der Waals surface area contributed by atoms with Gasteiger partial charge in [0.15, 0.2) is 0 Å². The Morgan fingerprint density at radius 2 is 0.933 bits per heavy atom. The summed E-state index contributed by atoms with van der Waals surface area (Å²) in [6.45, 7) is 1.85. The number of benzene rings is 2. The summed E-state index contributed by atoms with van der Waals surface area (Å²) in [7, 11) is 8.30. The Morgan fingerprint density at radius 1 is 0.633 bits per heavy atom. The maximum atomic E-state index is 4.71. The highest BCUT2D eigenvalue weighted by Gasteiger charge is 2.08. The topological polar surface area (TPSA) is 31.2 Å². The molecule has 4 nitrogen and oxygen atoms in total. The van der Waals surface area contributed by atoms with Gasteiger partial charge in [-0.3, -0.25) is 0 Å². The normalized spacial score (nSPS) is 12.0. The third-order valence-electron chi connectivity index (χ3n) is 4.24. The summed E-state index contributed by atoms with van der Waals surface area (Å²) in [4.78, 5) is 4.33. The molecule has 166 valence electrons. The molecule has 2 aromatic carbocycles. The summed E-state index contributed by atoms with van der Waals surface area (Å²) in [5.74, 6) is 0. The van der Waals surface area contributed by atoms with Crippen molar-refractivity contribution >= 4 is 68.1 Å². The molecule has 0 amide bonds. The number of hydrogen-bond donors (Lipinski definition) is 0. The summed E-state index contributed by atoms with van der Waals surface area (Å²) in [5.41, 5.74) is 4.22. The molecule has 0 N–H and O–H groups in total. The Kier molecular flexibility index (Phi) is 14.7. The molecule has 0 saturated heterocycles. The lowest BCUT2D eigenvalue weighted by Gasteiger charge is -2.13. The van der Waals surface area contributed by atoms with Crippen molar-refractivity contribution in [2.75, 3.05) is 41.3 Å². The van der Waals surface area contributed by atoms with Crippen LogP contribution >= 0.6 is 56.7 Å². The molecule has 0 aromatic heterocycles. The molecular formula is C22H30Br2Cl2N4. The van der Waals surface area contributed by atoms with Gasteiger partial charge in [0.25, 0.3) is 0 Å². The molecule has 0 bridgehead atoms. The monoisotopic (exact) mass is 578 g/mol. The van der Waals surface area contributed by atoms with Crippen LogP contribution in [0, 0.1) is 0 Å². The second-order valence-electron chi connectivity index (χ2n) is 7.21. The number of rotatable bonds is 9. The first-order valence-electron chi connectivity index (χ1n) is 9.30. The standard InChI is InChI=1S/C22H28Br2N4.2ClH/c1-27(2)15-13-21(17-5-9-19(23)10-6-17)25-26-22(14-16-28(3)4)18-7-11-20(24)12-8-18;;/h5-12H,13-16H2,1-4H3;2*1H/b25-21-,26-22+;;. The largest absolute Gasteiger partial charge is 0.309 e. The summed E-state index contributed by atoms with van der Waals surface area (Å²) >= 11 is 7.01. The summed E-state index contributed by atoms with van der Waals surface area (Å²) in [6, 6.07) is 16.6. The highest BCUT2D eigenvalue weighted by atomic mass is 79.9. The van der Waals surface area contributed by atoms with E-state index < -0.39 is 0 Å². The zero-order chi connectivity index (χ0) is 20.5. The maximum Gasteiger partial charge on any atom is 0.0715 e. The van der Waals surface area contributed by atoms with Crippen LogP contribution in [0.25, 0.3) is 0 Å². The average Bonchev–Trinajstić information content (AvgIpc) is 2.65. The third kappa shape index (κ3) is 10.5. The number of nitrogens with zero attached hydrogens (tertiary/aromatic N) is 4. The fraction of sp³-hybridized carbons (Fsp3) is 0.364. The van der Waals surface area contributed by atoms with Crippen molar-refractivity contribution < 1.29 is 0 Å². The van der Waals surface area contributed by atoms with Crippen LogP contribution in [0.4, 0.5) is 0 Å². The van der Waals surface area contributed by atoms with Gasteiger partial charge < -0.3 is 9.80 Å². The van der Waals surface area contributed by atoms with Crippen LogP contribution in [-0.4, -0.2) is 62.5 Å². The van der Waals surface area contributed by atoms with E-state index in [1.807, 2.05) is 24.3 Å². The molecule has 0 atom stereocenters. The Bertz CT molecular complexity index is 735. The molecule has 0 aliphatic heterocycles. The van der Waals surface area contributed by atoms with E-state index in [1.165, 1.54) is 0 Å². The van der Waals surface area contributed by atoms with Gasteiger partial charge in [0, 0.05) is 34.9 Å². The zero-order valence-electron chi connectivity index (χ0n) is 17.8. The van der Waals surface area contributed by atoms with Gasteiger partial charge in [-0.05, 0) is 63.6 Å². The molecule has 0 unspecified atom stereocenters. The minimum Gasteiger partial charge on any atom is -0.309 e. The number of halogens is 4. The van der Waals surface area contributed by atoms with Gasteiger partial charge in [0.05, 0.1) is 11.4 Å². The van der Waals surface area contributed by atoms with E-state index in [9.17, 15) is 0 Å². The third-order valence-corrected chi connectivity index (χ3v) is 5.30. The van der Waals surface area contributed by atoms with Crippen molar-refractivity contribution in [1.82, 2.24) is 9.80 Å². The Morgan fingerprint density at radius 3 is 1.20 bits per heavy atom. The molecule has 2 aromatic rings. The van der Waals surface area contributed by atoms with Gasteiger partial charge in [-0.15, -0.1) is 24.8 Å². The molecule has 0 fully saturated rings. The zero-order valence-corrected chi connectivity index (χ0v) is 22.6. The van der Waals surface area contributed by atoms with E-state index >= 15 is 0 Å². The molecule has 30 heavy (non-hydrogen) atoms. The quantitative estimate of drug-likeness (QED) is 0.263. The van der Waals surface area contributed by atoms with Crippen LogP contribution in [0.5, 0.6) is 0 Å². The highest BCUT2D eigenvalue weighted by molar-refractivity contribution is 9.10. The smallest absolute Gasteiger partial charge is 0.0715 e. The molecule has 0 aliphatic rings. The van der Waals surface area contributed by atoms with Crippen molar-refractivity contribution in [2.24, 2.45) is 10.2 Å². The van der Waals surface area contributed by atoms with Gasteiger partial charge in [-0.1, -0.05) is 56.1 Å². The van der Waals surface area contributed by atoms with Crippen LogP contribution < -0.4 is 0 Å². The predicted molar refractivity (Wildman–Crippen MR) is 142 cm³/mol. The highest BCUT2D eigenvalue weighted by Crippen LogP contribution is 2.15. The fourth-order valence-electron chi connectivity index (χ4n) is 2.57. The van der Waals surface area contributed by atoms with Crippen LogP contribution in [0.3, 0.4) is 0 Å². The van der Waals surface area contributed by atoms with E-state index in [2.05, 4.69) is 94.1 Å². The Labute approximate surface area is 209 Å². The summed E-state index contributed by atoms with van der Waals surface area (Å²) < 4.78 is 2.13. The fourth-order valence-corrected chi connectivity index (χ4v) is 3.10. The minimum absolute atomic E-state index is 0. The Hall–Kier alpha value is -0.760. The van der Waals surface area contributed by atoms with Gasteiger partial charge >= 0.3 is 0 Å². The van der Waals surface area contributed by atoms with E-state index in [0.29, 0.717) is 0 Å². The molecule has 0 radical (unpaired) electrons. The van der Waals surface area contributed by atoms with Crippen molar-refractivity contribution in [3.05, 3.63) is 68.6 Å². The lowest BCUT2D eigenvalue weighted by molar-refractivity contribution is 0.421. The molecule has 8 heteroatoms. The minimum atomic E-state index is 0. The lowest BCUT2D eigenvalue weighted by atomic mass is 10.1. The first-order valence-corrected chi connectivity index (χ1v) is 10.9. The maximum absolute atomic E-state index is 4.71. The summed E-state index contributed by atoms with van der Waals surface area (Å²) in [6.07, 6.45) is 1.69.